The van der Waals surface area contributed by atoms with Gasteiger partial charge in [-0.2, -0.15) is 0 Å². The molecule has 0 spiro atoms. The molecule has 0 saturated carbocycles. The Balaban J connectivity index is 2.61. The van der Waals surface area contributed by atoms with Gasteiger partial charge in [-0.05, 0) is 30.4 Å². The van der Waals surface area contributed by atoms with Crippen molar-refractivity contribution < 1.29 is 19.8 Å². The Bertz CT molecular complexity index is 504. The summed E-state index contributed by atoms with van der Waals surface area (Å²) in [5.41, 5.74) is 0.437. The lowest BCUT2D eigenvalue weighted by atomic mass is 9.94. The minimum Gasteiger partial charge on any atom is -0.478 e. The summed E-state index contributed by atoms with van der Waals surface area (Å²) in [5, 5.41) is 18.4. The summed E-state index contributed by atoms with van der Waals surface area (Å²) < 4.78 is 0. The van der Waals surface area contributed by atoms with Crippen molar-refractivity contribution in [2.24, 2.45) is 5.92 Å². The highest BCUT2D eigenvalue weighted by atomic mass is 16.4. The molecule has 1 aromatic rings. The molecule has 0 aromatic heterocycles. The summed E-state index contributed by atoms with van der Waals surface area (Å²) in [7, 11) is 0. The molecule has 0 radical (unpaired) electrons. The maximum absolute atomic E-state index is 11.3. The summed E-state index contributed by atoms with van der Waals surface area (Å²) >= 11 is 0. The van der Waals surface area contributed by atoms with Gasteiger partial charge < -0.3 is 10.2 Å². The number of aryl methyl sites for hydroxylation is 1. The van der Waals surface area contributed by atoms with Gasteiger partial charge in [0.15, 0.2) is 0 Å². The zero-order valence-corrected chi connectivity index (χ0v) is 13.5. The van der Waals surface area contributed by atoms with E-state index in [0.717, 1.165) is 25.2 Å². The highest BCUT2D eigenvalue weighted by Gasteiger charge is 2.19. The van der Waals surface area contributed by atoms with Crippen LogP contribution in [0.3, 0.4) is 0 Å². The Labute approximate surface area is 132 Å². The predicted octanol–water partition coefficient (Wildman–Crippen LogP) is 4.62. The maximum atomic E-state index is 11.3. The topological polar surface area (TPSA) is 74.6 Å². The molecule has 0 aliphatic rings. The van der Waals surface area contributed by atoms with Crippen LogP contribution in [0.15, 0.2) is 18.2 Å². The van der Waals surface area contributed by atoms with Gasteiger partial charge in [0.1, 0.15) is 0 Å². The Morgan fingerprint density at radius 3 is 2.23 bits per heavy atom. The molecule has 1 rings (SSSR count). The number of carboxylic acids is 2. The minimum absolute atomic E-state index is 0.0602. The first-order chi connectivity index (χ1) is 10.5. The molecule has 4 heteroatoms. The van der Waals surface area contributed by atoms with Crippen molar-refractivity contribution in [1.29, 1.82) is 0 Å². The first-order valence-corrected chi connectivity index (χ1v) is 8.09. The third-order valence-corrected chi connectivity index (χ3v) is 4.31. The van der Waals surface area contributed by atoms with E-state index in [1.165, 1.54) is 25.3 Å². The van der Waals surface area contributed by atoms with Gasteiger partial charge in [0.05, 0.1) is 11.1 Å². The van der Waals surface area contributed by atoms with E-state index < -0.39 is 11.9 Å². The largest absolute Gasteiger partial charge is 0.478 e. The van der Waals surface area contributed by atoms with E-state index in [1.54, 1.807) is 12.1 Å². The molecule has 22 heavy (non-hydrogen) atoms. The van der Waals surface area contributed by atoms with Crippen LogP contribution in [-0.2, 0) is 6.42 Å². The number of aromatic carboxylic acids is 2. The summed E-state index contributed by atoms with van der Waals surface area (Å²) in [4.78, 5) is 22.5. The van der Waals surface area contributed by atoms with Gasteiger partial charge in [0.25, 0.3) is 0 Å². The Hall–Kier alpha value is -1.84. The van der Waals surface area contributed by atoms with Gasteiger partial charge in [0, 0.05) is 0 Å². The molecule has 0 saturated heterocycles. The third-order valence-electron chi connectivity index (χ3n) is 4.31. The lowest BCUT2D eigenvalue weighted by Gasteiger charge is -2.12. The standard InChI is InChI=1S/C18H26O4/c1-3-13(4-2)9-6-5-7-10-14-11-8-12-15(17(19)20)16(14)18(21)22/h8,11-13H,3-7,9-10H2,1-2H3,(H,19,20)(H,21,22). The number of carboxylic acid groups (broad SMARTS) is 2. The summed E-state index contributed by atoms with van der Waals surface area (Å²) in [5.74, 6) is -1.57. The predicted molar refractivity (Wildman–Crippen MR) is 86.6 cm³/mol. The number of hydrogen-bond acceptors (Lipinski definition) is 2. The molecule has 0 amide bonds. The van der Waals surface area contributed by atoms with Crippen LogP contribution >= 0.6 is 0 Å². The maximum Gasteiger partial charge on any atom is 0.336 e. The van der Waals surface area contributed by atoms with Crippen LogP contribution in [0, 0.1) is 5.92 Å². The Kier molecular flexibility index (Phi) is 7.64. The molecule has 4 nitrogen and oxygen atoms in total. The highest BCUT2D eigenvalue weighted by Crippen LogP contribution is 2.20. The van der Waals surface area contributed by atoms with Crippen LogP contribution in [-0.4, -0.2) is 22.2 Å². The monoisotopic (exact) mass is 306 g/mol. The van der Waals surface area contributed by atoms with Crippen LogP contribution in [0.4, 0.5) is 0 Å². The first kappa shape index (κ1) is 18.2. The first-order valence-electron chi connectivity index (χ1n) is 8.09. The lowest BCUT2D eigenvalue weighted by molar-refractivity contribution is 0.0650. The van der Waals surface area contributed by atoms with Crippen molar-refractivity contribution in [3.8, 4) is 0 Å². The van der Waals surface area contributed by atoms with Crippen molar-refractivity contribution in [3.63, 3.8) is 0 Å². The van der Waals surface area contributed by atoms with Gasteiger partial charge >= 0.3 is 11.9 Å². The molecule has 0 atom stereocenters. The fourth-order valence-corrected chi connectivity index (χ4v) is 2.86. The molecule has 0 aliphatic heterocycles. The van der Waals surface area contributed by atoms with Crippen molar-refractivity contribution in [2.45, 2.75) is 58.8 Å². The van der Waals surface area contributed by atoms with E-state index in [4.69, 9.17) is 5.11 Å². The fourth-order valence-electron chi connectivity index (χ4n) is 2.86. The summed E-state index contributed by atoms with van der Waals surface area (Å²) in [6, 6.07) is 4.69. The zero-order valence-electron chi connectivity index (χ0n) is 13.5. The number of benzene rings is 1. The van der Waals surface area contributed by atoms with E-state index in [1.807, 2.05) is 0 Å². The quantitative estimate of drug-likeness (QED) is 0.618. The zero-order chi connectivity index (χ0) is 16.5. The van der Waals surface area contributed by atoms with Crippen LogP contribution in [0.2, 0.25) is 0 Å². The third kappa shape index (κ3) is 5.17. The summed E-state index contributed by atoms with van der Waals surface area (Å²) in [6.07, 6.45) is 7.34. The van der Waals surface area contributed by atoms with E-state index in [0.29, 0.717) is 12.0 Å². The molecular formula is C18H26O4. The molecule has 0 aliphatic carbocycles. The lowest BCUT2D eigenvalue weighted by Crippen LogP contribution is -2.11. The van der Waals surface area contributed by atoms with E-state index in [9.17, 15) is 14.7 Å². The minimum atomic E-state index is -1.19. The van der Waals surface area contributed by atoms with Crippen LogP contribution < -0.4 is 0 Å². The molecule has 0 bridgehead atoms. The Morgan fingerprint density at radius 1 is 1.00 bits per heavy atom. The van der Waals surface area contributed by atoms with Crippen molar-refractivity contribution in [1.82, 2.24) is 0 Å². The van der Waals surface area contributed by atoms with E-state index in [2.05, 4.69) is 13.8 Å². The second-order valence-corrected chi connectivity index (χ2v) is 5.73. The van der Waals surface area contributed by atoms with Gasteiger partial charge in [-0.25, -0.2) is 9.59 Å². The highest BCUT2D eigenvalue weighted by molar-refractivity contribution is 6.02. The molecule has 0 unspecified atom stereocenters. The number of unbranched alkanes of at least 4 members (excludes halogenated alkanes) is 2. The van der Waals surface area contributed by atoms with Gasteiger partial charge in [-0.3, -0.25) is 0 Å². The molecular weight excluding hydrogens is 280 g/mol. The normalized spacial score (nSPS) is 10.9. The molecule has 122 valence electrons. The number of hydrogen-bond donors (Lipinski definition) is 2. The fraction of sp³-hybridized carbons (Fsp3) is 0.556. The number of rotatable bonds is 10. The molecule has 2 N–H and O–H groups in total. The van der Waals surface area contributed by atoms with Crippen LogP contribution in [0.1, 0.15) is 78.7 Å². The average molecular weight is 306 g/mol. The molecule has 0 heterocycles. The second-order valence-electron chi connectivity index (χ2n) is 5.73. The Morgan fingerprint density at radius 2 is 1.68 bits per heavy atom. The smallest absolute Gasteiger partial charge is 0.336 e. The van der Waals surface area contributed by atoms with Crippen LogP contribution in [0.25, 0.3) is 0 Å². The molecule has 0 fully saturated rings. The second kappa shape index (κ2) is 9.23. The van der Waals surface area contributed by atoms with Gasteiger partial charge in [-0.1, -0.05) is 58.1 Å². The average Bonchev–Trinajstić information content (AvgIpc) is 2.50. The van der Waals surface area contributed by atoms with Gasteiger partial charge in [0.2, 0.25) is 0 Å². The van der Waals surface area contributed by atoms with Gasteiger partial charge in [-0.15, -0.1) is 0 Å². The van der Waals surface area contributed by atoms with E-state index >= 15 is 0 Å². The SMILES string of the molecule is CCC(CC)CCCCCc1cccc(C(=O)O)c1C(=O)O. The van der Waals surface area contributed by atoms with Crippen molar-refractivity contribution >= 4 is 11.9 Å². The van der Waals surface area contributed by atoms with Crippen molar-refractivity contribution in [3.05, 3.63) is 34.9 Å². The number of carbonyl (C=O) groups is 2. The van der Waals surface area contributed by atoms with E-state index in [-0.39, 0.29) is 11.1 Å². The summed E-state index contributed by atoms with van der Waals surface area (Å²) in [6.45, 7) is 4.43. The van der Waals surface area contributed by atoms with Crippen molar-refractivity contribution in [2.75, 3.05) is 0 Å². The molecule has 1 aromatic carbocycles. The van der Waals surface area contributed by atoms with Crippen LogP contribution in [0.5, 0.6) is 0 Å².